The highest BCUT2D eigenvalue weighted by molar-refractivity contribution is 7.47. The number of esters is 1. The minimum atomic E-state index is -4.30. The fourth-order valence-corrected chi connectivity index (χ4v) is 6.25. The molecule has 0 spiro atoms. The van der Waals surface area contributed by atoms with E-state index >= 15 is 0 Å². The lowest BCUT2D eigenvalue weighted by Crippen LogP contribution is -2.28. The molecule has 9 heteroatoms. The van der Waals surface area contributed by atoms with Gasteiger partial charge in [0.25, 0.3) is 0 Å². The molecule has 2 unspecified atom stereocenters. The van der Waals surface area contributed by atoms with E-state index in [9.17, 15) is 14.3 Å². The summed E-state index contributed by atoms with van der Waals surface area (Å²) in [5.41, 5.74) is 5.36. The highest BCUT2D eigenvalue weighted by Crippen LogP contribution is 2.43. The first-order valence-corrected chi connectivity index (χ1v) is 23.9. The van der Waals surface area contributed by atoms with Crippen molar-refractivity contribution in [2.45, 2.75) is 161 Å². The van der Waals surface area contributed by atoms with Crippen molar-refractivity contribution in [2.24, 2.45) is 5.73 Å². The number of unbranched alkanes of at least 4 members (excludes halogenated alkanes) is 10. The summed E-state index contributed by atoms with van der Waals surface area (Å²) in [7, 11) is -4.30. The maximum Gasteiger partial charge on any atom is 0.472 e. The van der Waals surface area contributed by atoms with E-state index in [1.807, 2.05) is 0 Å². The standard InChI is InChI=1S/C49H82NO7P/c1-3-5-7-9-11-13-15-17-18-19-20-21-22-23-24-25-26-27-28-29-31-33-35-37-39-41-44-54-46-48(47-56-58(52,53)55-45-43-50)57-49(51)42-40-38-36-34-32-30-16-14-12-10-8-6-4-2/h5-8,11-14,17-18,20-21,23-24,26-27,30,32,48H,3-4,9-10,15-16,19,22,25,28-29,31,33-47,50H2,1-2H3,(H,52,53)/b7-5-,8-6-,13-11-,14-12-,18-17-,21-20-,24-23-,27-26-,32-30-. The zero-order valence-electron chi connectivity index (χ0n) is 36.5. The molecular formula is C49H82NO7P. The van der Waals surface area contributed by atoms with E-state index in [0.717, 1.165) is 103 Å². The van der Waals surface area contributed by atoms with Crippen molar-refractivity contribution >= 4 is 13.8 Å². The van der Waals surface area contributed by atoms with Crippen LogP contribution in [-0.2, 0) is 27.9 Å². The molecule has 2 atom stereocenters. The Morgan fingerprint density at radius 1 is 0.517 bits per heavy atom. The van der Waals surface area contributed by atoms with Crippen molar-refractivity contribution in [3.05, 3.63) is 109 Å². The van der Waals surface area contributed by atoms with Crippen LogP contribution in [0.5, 0.6) is 0 Å². The van der Waals surface area contributed by atoms with Gasteiger partial charge in [0.2, 0.25) is 0 Å². The van der Waals surface area contributed by atoms with Gasteiger partial charge in [0.05, 0.1) is 19.8 Å². The molecular weight excluding hydrogens is 746 g/mol. The summed E-state index contributed by atoms with van der Waals surface area (Å²) in [6.45, 7) is 4.58. The second-order valence-corrected chi connectivity index (χ2v) is 15.6. The third-order valence-corrected chi connectivity index (χ3v) is 9.67. The molecule has 0 aliphatic carbocycles. The number of phosphoric ester groups is 1. The number of hydrogen-bond acceptors (Lipinski definition) is 7. The van der Waals surface area contributed by atoms with E-state index < -0.39 is 13.9 Å². The van der Waals surface area contributed by atoms with Gasteiger partial charge in [-0.05, 0) is 96.3 Å². The highest BCUT2D eigenvalue weighted by atomic mass is 31.2. The summed E-state index contributed by atoms with van der Waals surface area (Å²) in [4.78, 5) is 22.5. The van der Waals surface area contributed by atoms with Crippen molar-refractivity contribution in [1.82, 2.24) is 0 Å². The molecule has 8 nitrogen and oxygen atoms in total. The Hall–Kier alpha value is -2.84. The van der Waals surface area contributed by atoms with Gasteiger partial charge in [0, 0.05) is 19.6 Å². The molecule has 0 bridgehead atoms. The van der Waals surface area contributed by atoms with Gasteiger partial charge >= 0.3 is 13.8 Å². The number of nitrogens with two attached hydrogens (primary N) is 1. The van der Waals surface area contributed by atoms with E-state index in [-0.39, 0.29) is 38.8 Å². The third kappa shape index (κ3) is 44.3. The van der Waals surface area contributed by atoms with Crippen molar-refractivity contribution in [3.8, 4) is 0 Å². The molecule has 0 saturated carbocycles. The van der Waals surface area contributed by atoms with Crippen LogP contribution < -0.4 is 5.73 Å². The van der Waals surface area contributed by atoms with E-state index in [0.29, 0.717) is 13.0 Å². The first kappa shape index (κ1) is 55.2. The van der Waals surface area contributed by atoms with E-state index in [4.69, 9.17) is 24.3 Å². The molecule has 0 heterocycles. The van der Waals surface area contributed by atoms with Crippen LogP contribution in [0.4, 0.5) is 0 Å². The molecule has 0 radical (unpaired) electrons. The maximum atomic E-state index is 12.6. The lowest BCUT2D eigenvalue weighted by atomic mass is 10.1. The van der Waals surface area contributed by atoms with Crippen LogP contribution >= 0.6 is 7.82 Å². The molecule has 330 valence electrons. The van der Waals surface area contributed by atoms with Gasteiger partial charge in [-0.1, -0.05) is 162 Å². The van der Waals surface area contributed by atoms with Crippen LogP contribution in [0.3, 0.4) is 0 Å². The molecule has 58 heavy (non-hydrogen) atoms. The minimum absolute atomic E-state index is 0.0868. The van der Waals surface area contributed by atoms with Gasteiger partial charge in [-0.25, -0.2) is 4.57 Å². The molecule has 0 saturated heterocycles. The Bertz CT molecular complexity index is 1250. The monoisotopic (exact) mass is 828 g/mol. The van der Waals surface area contributed by atoms with Crippen LogP contribution in [0.2, 0.25) is 0 Å². The molecule has 0 aromatic carbocycles. The summed E-state index contributed by atoms with van der Waals surface area (Å²) in [5.74, 6) is -0.369. The second-order valence-electron chi connectivity index (χ2n) is 14.1. The van der Waals surface area contributed by atoms with Gasteiger partial charge in [-0.3, -0.25) is 13.8 Å². The van der Waals surface area contributed by atoms with Crippen LogP contribution in [0, 0.1) is 0 Å². The number of carbonyl (C=O) groups excluding carboxylic acids is 1. The van der Waals surface area contributed by atoms with Gasteiger partial charge in [0.1, 0.15) is 6.10 Å². The Kier molecular flexibility index (Phi) is 43.0. The summed E-state index contributed by atoms with van der Waals surface area (Å²) in [6.07, 6.45) is 61.2. The predicted octanol–water partition coefficient (Wildman–Crippen LogP) is 13.6. The molecule has 0 aromatic rings. The normalized spacial score (nSPS) is 14.5. The summed E-state index contributed by atoms with van der Waals surface area (Å²) < 4.78 is 33.4. The lowest BCUT2D eigenvalue weighted by molar-refractivity contribution is -0.154. The summed E-state index contributed by atoms with van der Waals surface area (Å²) >= 11 is 0. The van der Waals surface area contributed by atoms with Gasteiger partial charge < -0.3 is 20.1 Å². The van der Waals surface area contributed by atoms with Gasteiger partial charge in [-0.2, -0.15) is 0 Å². The van der Waals surface area contributed by atoms with Crippen molar-refractivity contribution in [1.29, 1.82) is 0 Å². The van der Waals surface area contributed by atoms with Crippen molar-refractivity contribution in [2.75, 3.05) is 33.0 Å². The molecule has 0 aliphatic rings. The van der Waals surface area contributed by atoms with Crippen LogP contribution in [0.25, 0.3) is 0 Å². The van der Waals surface area contributed by atoms with Gasteiger partial charge in [0.15, 0.2) is 0 Å². The minimum Gasteiger partial charge on any atom is -0.457 e. The van der Waals surface area contributed by atoms with Crippen LogP contribution in [0.15, 0.2) is 109 Å². The quantitative estimate of drug-likeness (QED) is 0.0271. The molecule has 0 aromatic heterocycles. The zero-order chi connectivity index (χ0) is 42.3. The van der Waals surface area contributed by atoms with Crippen molar-refractivity contribution < 1.29 is 32.8 Å². The number of rotatable bonds is 41. The van der Waals surface area contributed by atoms with Crippen LogP contribution in [0.1, 0.15) is 155 Å². The second kappa shape index (κ2) is 45.2. The fourth-order valence-electron chi connectivity index (χ4n) is 5.48. The topological polar surface area (TPSA) is 117 Å². The molecule has 0 rings (SSSR count). The van der Waals surface area contributed by atoms with E-state index in [1.54, 1.807) is 0 Å². The Balaban J connectivity index is 4.06. The third-order valence-electron chi connectivity index (χ3n) is 8.69. The number of ether oxygens (including phenoxy) is 2. The Labute approximate surface area is 354 Å². The highest BCUT2D eigenvalue weighted by Gasteiger charge is 2.25. The SMILES string of the molecule is CC/C=C\C/C=C\C/C=C\C/C=C\C/C=C\C/C=C\CCCCCCCCCOCC(COP(=O)(O)OCCN)OC(=O)CCCCC/C=C\C/C=C\C/C=C\CC. The molecule has 0 fully saturated rings. The number of allylic oxidation sites excluding steroid dienone is 18. The lowest BCUT2D eigenvalue weighted by Gasteiger charge is -2.20. The van der Waals surface area contributed by atoms with E-state index in [1.165, 1.54) is 25.7 Å². The van der Waals surface area contributed by atoms with Crippen molar-refractivity contribution in [3.63, 3.8) is 0 Å². The van der Waals surface area contributed by atoms with E-state index in [2.05, 4.69) is 123 Å². The zero-order valence-corrected chi connectivity index (χ0v) is 37.4. The Morgan fingerprint density at radius 2 is 0.914 bits per heavy atom. The predicted molar refractivity (Wildman–Crippen MR) is 247 cm³/mol. The average molecular weight is 828 g/mol. The Morgan fingerprint density at radius 3 is 1.36 bits per heavy atom. The molecule has 0 aliphatic heterocycles. The first-order chi connectivity index (χ1) is 28.4. The largest absolute Gasteiger partial charge is 0.472 e. The fraction of sp³-hybridized carbons (Fsp3) is 0.612. The van der Waals surface area contributed by atoms with Crippen LogP contribution in [-0.4, -0.2) is 49.9 Å². The number of hydrogen-bond donors (Lipinski definition) is 2. The van der Waals surface area contributed by atoms with Gasteiger partial charge in [-0.15, -0.1) is 0 Å². The number of phosphoric acid groups is 1. The maximum absolute atomic E-state index is 12.6. The number of carbonyl (C=O) groups is 1. The molecule has 0 amide bonds. The summed E-state index contributed by atoms with van der Waals surface area (Å²) in [6, 6.07) is 0. The molecule has 3 N–H and O–H groups in total. The smallest absolute Gasteiger partial charge is 0.457 e. The first-order valence-electron chi connectivity index (χ1n) is 22.4. The average Bonchev–Trinajstić information content (AvgIpc) is 3.21. The summed E-state index contributed by atoms with van der Waals surface area (Å²) in [5, 5.41) is 0.